The Hall–Kier alpha value is -3.51. The molecule has 0 saturated carbocycles. The fraction of sp³-hybridized carbons (Fsp3) is 0.286. The standard InChI is InChI=1S/C28H29ClN2O4/c1-30-28(33)24(17-20-5-3-2-4-6-20)31(19-22-7-11-23(29)12-8-22)27(32)14-10-21-9-13-25-26(18-21)35-16-15-34-25/h2-9,11-13,18,24H,10,14-17,19H2,1H3,(H,30,33)/t24-/m1/s1. The minimum absolute atomic E-state index is 0.0978. The highest BCUT2D eigenvalue weighted by molar-refractivity contribution is 6.30. The Balaban J connectivity index is 1.56. The van der Waals surface area contributed by atoms with E-state index in [2.05, 4.69) is 5.32 Å². The fourth-order valence-electron chi connectivity index (χ4n) is 4.15. The predicted molar refractivity (Wildman–Crippen MR) is 136 cm³/mol. The number of carbonyl (C=O) groups is 2. The van der Waals surface area contributed by atoms with Crippen LogP contribution in [-0.4, -0.2) is 43.0 Å². The molecular formula is C28H29ClN2O4. The maximum absolute atomic E-state index is 13.6. The van der Waals surface area contributed by atoms with Gasteiger partial charge in [0.1, 0.15) is 19.3 Å². The van der Waals surface area contributed by atoms with Crippen molar-refractivity contribution in [2.45, 2.75) is 31.8 Å². The SMILES string of the molecule is CNC(=O)[C@@H](Cc1ccccc1)N(Cc1ccc(Cl)cc1)C(=O)CCc1ccc2c(c1)OCCO2. The molecule has 1 heterocycles. The van der Waals surface area contributed by atoms with Gasteiger partial charge in [-0.25, -0.2) is 0 Å². The zero-order valence-electron chi connectivity index (χ0n) is 19.7. The molecule has 0 aromatic heterocycles. The van der Waals surface area contributed by atoms with Crippen molar-refractivity contribution in [3.8, 4) is 11.5 Å². The van der Waals surface area contributed by atoms with Gasteiger partial charge in [0.2, 0.25) is 11.8 Å². The number of fused-ring (bicyclic) bond motifs is 1. The monoisotopic (exact) mass is 492 g/mol. The van der Waals surface area contributed by atoms with Gasteiger partial charge in [-0.1, -0.05) is 60.1 Å². The van der Waals surface area contributed by atoms with Crippen molar-refractivity contribution in [3.63, 3.8) is 0 Å². The van der Waals surface area contributed by atoms with E-state index in [4.69, 9.17) is 21.1 Å². The molecule has 3 aromatic carbocycles. The molecule has 1 atom stereocenters. The van der Waals surface area contributed by atoms with Gasteiger partial charge in [-0.15, -0.1) is 0 Å². The highest BCUT2D eigenvalue weighted by Crippen LogP contribution is 2.31. The van der Waals surface area contributed by atoms with Gasteiger partial charge in [-0.05, 0) is 47.4 Å². The number of benzene rings is 3. The van der Waals surface area contributed by atoms with Crippen molar-refractivity contribution in [1.29, 1.82) is 0 Å². The van der Waals surface area contributed by atoms with Crippen LogP contribution in [-0.2, 0) is 29.0 Å². The number of halogens is 1. The number of hydrogen-bond acceptors (Lipinski definition) is 4. The third kappa shape index (κ3) is 6.55. The molecule has 0 unspecified atom stereocenters. The lowest BCUT2D eigenvalue weighted by Crippen LogP contribution is -2.49. The average Bonchev–Trinajstić information content (AvgIpc) is 2.90. The van der Waals surface area contributed by atoms with Crippen LogP contribution in [0.1, 0.15) is 23.1 Å². The summed E-state index contributed by atoms with van der Waals surface area (Å²) in [7, 11) is 1.60. The Labute approximate surface area is 210 Å². The smallest absolute Gasteiger partial charge is 0.242 e. The highest BCUT2D eigenvalue weighted by Gasteiger charge is 2.29. The Kier molecular flexibility index (Phi) is 8.27. The maximum atomic E-state index is 13.6. The molecule has 7 heteroatoms. The number of rotatable bonds is 9. The molecule has 1 aliphatic rings. The molecule has 35 heavy (non-hydrogen) atoms. The number of amides is 2. The number of nitrogens with zero attached hydrogens (tertiary/aromatic N) is 1. The Morgan fingerprint density at radius 1 is 0.914 bits per heavy atom. The van der Waals surface area contributed by atoms with Crippen LogP contribution >= 0.6 is 11.6 Å². The van der Waals surface area contributed by atoms with Gasteiger partial charge in [-0.2, -0.15) is 0 Å². The molecule has 0 radical (unpaired) electrons. The second-order valence-corrected chi connectivity index (χ2v) is 8.88. The number of likely N-dealkylation sites (N-methyl/N-ethyl adjacent to an activating group) is 1. The Morgan fingerprint density at radius 3 is 2.31 bits per heavy atom. The molecule has 0 bridgehead atoms. The van der Waals surface area contributed by atoms with E-state index in [0.717, 1.165) is 22.4 Å². The topological polar surface area (TPSA) is 67.9 Å². The first-order valence-corrected chi connectivity index (χ1v) is 12.1. The number of carbonyl (C=O) groups excluding carboxylic acids is 2. The first kappa shape index (κ1) is 24.6. The molecule has 3 aromatic rings. The number of ether oxygens (including phenoxy) is 2. The summed E-state index contributed by atoms with van der Waals surface area (Å²) in [4.78, 5) is 28.3. The lowest BCUT2D eigenvalue weighted by atomic mass is 10.0. The normalized spacial score (nSPS) is 13.1. The second-order valence-electron chi connectivity index (χ2n) is 8.45. The fourth-order valence-corrected chi connectivity index (χ4v) is 4.27. The molecule has 0 saturated heterocycles. The maximum Gasteiger partial charge on any atom is 0.242 e. The summed E-state index contributed by atoms with van der Waals surface area (Å²) in [6.45, 7) is 1.35. The van der Waals surface area contributed by atoms with Crippen molar-refractivity contribution in [3.05, 3.63) is 94.5 Å². The zero-order chi connectivity index (χ0) is 24.6. The van der Waals surface area contributed by atoms with Gasteiger partial charge in [0.15, 0.2) is 11.5 Å². The third-order valence-electron chi connectivity index (χ3n) is 6.02. The van der Waals surface area contributed by atoms with Crippen molar-refractivity contribution >= 4 is 23.4 Å². The summed E-state index contributed by atoms with van der Waals surface area (Å²) in [5, 5.41) is 3.36. The van der Waals surface area contributed by atoms with Gasteiger partial charge in [0, 0.05) is 31.5 Å². The number of nitrogens with one attached hydrogen (secondary N) is 1. The van der Waals surface area contributed by atoms with Gasteiger partial charge in [0.05, 0.1) is 0 Å². The Bertz CT molecular complexity index is 1150. The summed E-state index contributed by atoms with van der Waals surface area (Å²) in [5.41, 5.74) is 2.87. The number of hydrogen-bond donors (Lipinski definition) is 1. The first-order chi connectivity index (χ1) is 17.0. The van der Waals surface area contributed by atoms with Gasteiger partial charge < -0.3 is 19.7 Å². The molecule has 1 N–H and O–H groups in total. The quantitative estimate of drug-likeness (QED) is 0.480. The van der Waals surface area contributed by atoms with E-state index in [1.54, 1.807) is 24.1 Å². The Morgan fingerprint density at radius 2 is 1.60 bits per heavy atom. The van der Waals surface area contributed by atoms with Crippen molar-refractivity contribution < 1.29 is 19.1 Å². The second kappa shape index (κ2) is 11.8. The van der Waals surface area contributed by atoms with E-state index in [9.17, 15) is 9.59 Å². The largest absolute Gasteiger partial charge is 0.486 e. The lowest BCUT2D eigenvalue weighted by Gasteiger charge is -2.31. The highest BCUT2D eigenvalue weighted by atomic mass is 35.5. The minimum Gasteiger partial charge on any atom is -0.486 e. The predicted octanol–water partition coefficient (Wildman–Crippen LogP) is 4.43. The van der Waals surface area contributed by atoms with E-state index in [1.807, 2.05) is 60.7 Å². The van der Waals surface area contributed by atoms with E-state index in [0.29, 0.717) is 43.4 Å². The van der Waals surface area contributed by atoms with Crippen molar-refractivity contribution in [2.75, 3.05) is 20.3 Å². The van der Waals surface area contributed by atoms with Gasteiger partial charge in [0.25, 0.3) is 0 Å². The van der Waals surface area contributed by atoms with Crippen LogP contribution in [0.4, 0.5) is 0 Å². The van der Waals surface area contributed by atoms with Crippen LogP contribution in [0.5, 0.6) is 11.5 Å². The third-order valence-corrected chi connectivity index (χ3v) is 6.27. The molecule has 182 valence electrons. The van der Waals surface area contributed by atoms with E-state index >= 15 is 0 Å². The van der Waals surface area contributed by atoms with E-state index in [1.165, 1.54) is 0 Å². The van der Waals surface area contributed by atoms with Gasteiger partial charge in [-0.3, -0.25) is 9.59 Å². The summed E-state index contributed by atoms with van der Waals surface area (Å²) in [5.74, 6) is 1.12. The zero-order valence-corrected chi connectivity index (χ0v) is 20.5. The minimum atomic E-state index is -0.647. The summed E-state index contributed by atoms with van der Waals surface area (Å²) >= 11 is 6.06. The molecule has 0 spiro atoms. The van der Waals surface area contributed by atoms with E-state index < -0.39 is 6.04 Å². The van der Waals surface area contributed by atoms with E-state index in [-0.39, 0.29) is 18.2 Å². The van der Waals surface area contributed by atoms with Gasteiger partial charge >= 0.3 is 0 Å². The molecule has 4 rings (SSSR count). The summed E-state index contributed by atoms with van der Waals surface area (Å²) in [6, 6.07) is 22.2. The van der Waals surface area contributed by atoms with Crippen molar-refractivity contribution in [2.24, 2.45) is 0 Å². The molecular weight excluding hydrogens is 464 g/mol. The molecule has 0 fully saturated rings. The lowest BCUT2D eigenvalue weighted by molar-refractivity contribution is -0.141. The molecule has 1 aliphatic heterocycles. The van der Waals surface area contributed by atoms with Crippen LogP contribution in [0.3, 0.4) is 0 Å². The van der Waals surface area contributed by atoms with Crippen LogP contribution in [0.25, 0.3) is 0 Å². The van der Waals surface area contributed by atoms with Crippen molar-refractivity contribution in [1.82, 2.24) is 10.2 Å². The molecule has 0 aliphatic carbocycles. The van der Waals surface area contributed by atoms with Crippen LogP contribution in [0.2, 0.25) is 5.02 Å². The first-order valence-electron chi connectivity index (χ1n) is 11.7. The van der Waals surface area contributed by atoms with Crippen LogP contribution in [0.15, 0.2) is 72.8 Å². The molecule has 2 amide bonds. The van der Waals surface area contributed by atoms with Crippen LogP contribution in [0, 0.1) is 0 Å². The number of aryl methyl sites for hydroxylation is 1. The molecule has 6 nitrogen and oxygen atoms in total. The summed E-state index contributed by atoms with van der Waals surface area (Å²) in [6.07, 6.45) is 1.21. The average molecular weight is 493 g/mol. The summed E-state index contributed by atoms with van der Waals surface area (Å²) < 4.78 is 11.3. The van der Waals surface area contributed by atoms with Crippen LogP contribution < -0.4 is 14.8 Å².